The zero-order valence-electron chi connectivity index (χ0n) is 10.9. The van der Waals surface area contributed by atoms with Gasteiger partial charge < -0.3 is 10.5 Å². The second-order valence-corrected chi connectivity index (χ2v) is 5.03. The topological polar surface area (TPSA) is 53.1 Å². The second kappa shape index (κ2) is 5.55. The third kappa shape index (κ3) is 2.85. The number of ether oxygens (including phenoxy) is 1. The van der Waals surface area contributed by atoms with E-state index < -0.39 is 0 Å². The maximum absolute atomic E-state index is 6.23. The smallest absolute Gasteiger partial charge is 0.0645 e. The van der Waals surface area contributed by atoms with Crippen molar-refractivity contribution in [1.82, 2.24) is 9.78 Å². The molecule has 0 bridgehead atoms. The number of para-hydroxylation sites is 1. The maximum Gasteiger partial charge on any atom is 0.0645 e. The molecule has 1 fully saturated rings. The minimum Gasteiger partial charge on any atom is -0.378 e. The molecule has 4 nitrogen and oxygen atoms in total. The van der Waals surface area contributed by atoms with Gasteiger partial charge in [-0.25, -0.2) is 4.68 Å². The second-order valence-electron chi connectivity index (χ2n) is 5.03. The molecule has 0 spiro atoms. The van der Waals surface area contributed by atoms with Gasteiger partial charge >= 0.3 is 0 Å². The lowest BCUT2D eigenvalue weighted by molar-refractivity contribution is 0.0983. The fourth-order valence-electron chi connectivity index (χ4n) is 2.50. The van der Waals surface area contributed by atoms with E-state index in [2.05, 4.69) is 5.10 Å². The van der Waals surface area contributed by atoms with Gasteiger partial charge in [-0.3, -0.25) is 0 Å². The summed E-state index contributed by atoms with van der Waals surface area (Å²) in [7, 11) is 0. The number of benzene rings is 1. The lowest BCUT2D eigenvalue weighted by atomic mass is 10.0. The van der Waals surface area contributed by atoms with Gasteiger partial charge in [0.15, 0.2) is 0 Å². The van der Waals surface area contributed by atoms with Gasteiger partial charge in [-0.15, -0.1) is 0 Å². The van der Waals surface area contributed by atoms with Crippen LogP contribution in [0.15, 0.2) is 42.7 Å². The molecule has 19 heavy (non-hydrogen) atoms. The van der Waals surface area contributed by atoms with E-state index in [0.717, 1.165) is 37.1 Å². The molecule has 0 aliphatic carbocycles. The molecule has 1 aliphatic rings. The number of nitrogens with two attached hydrogens (primary N) is 1. The Morgan fingerprint density at radius 1 is 1.37 bits per heavy atom. The molecular formula is C15H19N3O. The van der Waals surface area contributed by atoms with Gasteiger partial charge in [-0.05, 0) is 31.4 Å². The molecular weight excluding hydrogens is 238 g/mol. The van der Waals surface area contributed by atoms with Crippen molar-refractivity contribution in [1.29, 1.82) is 0 Å². The lowest BCUT2D eigenvalue weighted by Gasteiger charge is -2.14. The average molecular weight is 257 g/mol. The molecule has 1 aliphatic heterocycles. The van der Waals surface area contributed by atoms with Gasteiger partial charge in [-0.2, -0.15) is 5.10 Å². The van der Waals surface area contributed by atoms with Gasteiger partial charge in [0.05, 0.1) is 18.0 Å². The van der Waals surface area contributed by atoms with Crippen LogP contribution in [0.3, 0.4) is 0 Å². The van der Waals surface area contributed by atoms with Crippen LogP contribution in [0, 0.1) is 0 Å². The van der Waals surface area contributed by atoms with Crippen molar-refractivity contribution < 1.29 is 4.74 Å². The molecule has 4 heteroatoms. The maximum atomic E-state index is 6.23. The van der Waals surface area contributed by atoms with Crippen LogP contribution in [0.25, 0.3) is 5.69 Å². The highest BCUT2D eigenvalue weighted by atomic mass is 16.5. The van der Waals surface area contributed by atoms with Crippen molar-refractivity contribution in [3.8, 4) is 5.69 Å². The highest BCUT2D eigenvalue weighted by molar-refractivity contribution is 5.31. The minimum absolute atomic E-state index is 0.000521. The first-order valence-electron chi connectivity index (χ1n) is 6.80. The molecule has 2 aromatic rings. The van der Waals surface area contributed by atoms with Crippen molar-refractivity contribution in [2.45, 2.75) is 31.4 Å². The fraction of sp³-hybridized carbons (Fsp3) is 0.400. The van der Waals surface area contributed by atoms with Crippen LogP contribution in [0.1, 0.15) is 30.9 Å². The van der Waals surface area contributed by atoms with E-state index in [-0.39, 0.29) is 6.04 Å². The summed E-state index contributed by atoms with van der Waals surface area (Å²) in [5.41, 5.74) is 8.36. The Labute approximate surface area is 113 Å². The highest BCUT2D eigenvalue weighted by Crippen LogP contribution is 2.23. The van der Waals surface area contributed by atoms with Gasteiger partial charge in [0.1, 0.15) is 0 Å². The van der Waals surface area contributed by atoms with Crippen LogP contribution in [0.4, 0.5) is 0 Å². The number of hydrogen-bond donors (Lipinski definition) is 1. The van der Waals surface area contributed by atoms with Crippen LogP contribution in [-0.2, 0) is 4.74 Å². The van der Waals surface area contributed by atoms with Crippen molar-refractivity contribution in [3.63, 3.8) is 0 Å². The van der Waals surface area contributed by atoms with E-state index in [1.165, 1.54) is 0 Å². The molecule has 1 aromatic carbocycles. The zero-order chi connectivity index (χ0) is 13.1. The lowest BCUT2D eigenvalue weighted by Crippen LogP contribution is -2.17. The Kier molecular flexibility index (Phi) is 3.62. The quantitative estimate of drug-likeness (QED) is 0.915. The van der Waals surface area contributed by atoms with E-state index in [9.17, 15) is 0 Å². The molecule has 1 aromatic heterocycles. The molecule has 2 unspecified atom stereocenters. The van der Waals surface area contributed by atoms with Crippen LogP contribution in [0.5, 0.6) is 0 Å². The highest BCUT2D eigenvalue weighted by Gasteiger charge is 2.20. The summed E-state index contributed by atoms with van der Waals surface area (Å²) >= 11 is 0. The molecule has 2 N–H and O–H groups in total. The summed E-state index contributed by atoms with van der Waals surface area (Å²) in [4.78, 5) is 0. The van der Waals surface area contributed by atoms with E-state index in [1.807, 2.05) is 47.4 Å². The van der Waals surface area contributed by atoms with E-state index >= 15 is 0 Å². The van der Waals surface area contributed by atoms with Gasteiger partial charge in [0.25, 0.3) is 0 Å². The van der Waals surface area contributed by atoms with Gasteiger partial charge in [0.2, 0.25) is 0 Å². The summed E-state index contributed by atoms with van der Waals surface area (Å²) in [6, 6.07) is 10.1. The molecule has 0 saturated carbocycles. The van der Waals surface area contributed by atoms with E-state index in [4.69, 9.17) is 10.5 Å². The summed E-state index contributed by atoms with van der Waals surface area (Å²) in [5.74, 6) is 0. The van der Waals surface area contributed by atoms with Crippen LogP contribution in [0.2, 0.25) is 0 Å². The molecule has 3 rings (SSSR count). The van der Waals surface area contributed by atoms with Gasteiger partial charge in [0, 0.05) is 24.4 Å². The molecule has 0 radical (unpaired) electrons. The van der Waals surface area contributed by atoms with Crippen molar-refractivity contribution in [3.05, 3.63) is 48.3 Å². The Morgan fingerprint density at radius 3 is 2.95 bits per heavy atom. The SMILES string of the molecule is NC(CC1CCCO1)c1cnn(-c2ccccc2)c1. The number of rotatable bonds is 4. The third-order valence-electron chi connectivity index (χ3n) is 3.59. The van der Waals surface area contributed by atoms with E-state index in [0.29, 0.717) is 6.10 Å². The van der Waals surface area contributed by atoms with Crippen LogP contribution < -0.4 is 5.73 Å². The first kappa shape index (κ1) is 12.4. The summed E-state index contributed by atoms with van der Waals surface area (Å²) in [6.07, 6.45) is 7.33. The molecule has 2 heterocycles. The third-order valence-corrected chi connectivity index (χ3v) is 3.59. The largest absolute Gasteiger partial charge is 0.378 e. The van der Waals surface area contributed by atoms with Crippen LogP contribution >= 0.6 is 0 Å². The zero-order valence-corrected chi connectivity index (χ0v) is 10.9. The molecule has 1 saturated heterocycles. The average Bonchev–Trinajstić information content (AvgIpc) is 3.10. The minimum atomic E-state index is 0.000521. The summed E-state index contributed by atoms with van der Waals surface area (Å²) in [5, 5.41) is 4.38. The Morgan fingerprint density at radius 2 is 2.21 bits per heavy atom. The van der Waals surface area contributed by atoms with E-state index in [1.54, 1.807) is 0 Å². The predicted molar refractivity (Wildman–Crippen MR) is 74.1 cm³/mol. The molecule has 0 amide bonds. The fourth-order valence-corrected chi connectivity index (χ4v) is 2.50. The Hall–Kier alpha value is -1.65. The summed E-state index contributed by atoms with van der Waals surface area (Å²) < 4.78 is 7.50. The predicted octanol–water partition coefficient (Wildman–Crippen LogP) is 2.44. The molecule has 2 atom stereocenters. The first-order chi connectivity index (χ1) is 9.33. The Balaban J connectivity index is 1.70. The number of hydrogen-bond acceptors (Lipinski definition) is 3. The number of aromatic nitrogens is 2. The van der Waals surface area contributed by atoms with Gasteiger partial charge in [-0.1, -0.05) is 18.2 Å². The first-order valence-corrected chi connectivity index (χ1v) is 6.80. The van der Waals surface area contributed by atoms with Crippen molar-refractivity contribution >= 4 is 0 Å². The normalized spacial score (nSPS) is 20.6. The standard InChI is InChI=1S/C15H19N3O/c16-15(9-14-7-4-8-19-14)12-10-17-18(11-12)13-5-2-1-3-6-13/h1-3,5-6,10-11,14-15H,4,7-9,16H2. The van der Waals surface area contributed by atoms with Crippen molar-refractivity contribution in [2.24, 2.45) is 5.73 Å². The summed E-state index contributed by atoms with van der Waals surface area (Å²) in [6.45, 7) is 0.876. The molecule has 100 valence electrons. The Bertz CT molecular complexity index is 517. The monoisotopic (exact) mass is 257 g/mol. The van der Waals surface area contributed by atoms with Crippen LogP contribution in [-0.4, -0.2) is 22.5 Å². The number of nitrogens with zero attached hydrogens (tertiary/aromatic N) is 2. The van der Waals surface area contributed by atoms with Crippen molar-refractivity contribution in [2.75, 3.05) is 6.61 Å².